The number of thiazole rings is 2. The standard InChI is InChI=1S/C13H13N5S2/c1-16-13-18-11(15)10(20-13)12-17-9(6-19-12)7-3-2-4-8(14)5-7/h2-6H,14-15H2,1H3,(H,16,18). The normalized spacial score (nSPS) is 10.7. The molecule has 0 aliphatic heterocycles. The monoisotopic (exact) mass is 303 g/mol. The van der Waals surface area contributed by atoms with Gasteiger partial charge in [-0.1, -0.05) is 23.5 Å². The number of nitrogen functional groups attached to an aromatic ring is 2. The third-order valence-corrected chi connectivity index (χ3v) is 4.83. The summed E-state index contributed by atoms with van der Waals surface area (Å²) in [5, 5.41) is 6.66. The molecule has 2 heterocycles. The Morgan fingerprint density at radius 1 is 1.20 bits per heavy atom. The molecule has 0 aliphatic rings. The Morgan fingerprint density at radius 3 is 2.75 bits per heavy atom. The minimum atomic E-state index is 0.507. The zero-order chi connectivity index (χ0) is 14.1. The first kappa shape index (κ1) is 12.9. The Morgan fingerprint density at radius 2 is 2.05 bits per heavy atom. The second-order valence-corrected chi connectivity index (χ2v) is 6.00. The molecule has 5 N–H and O–H groups in total. The summed E-state index contributed by atoms with van der Waals surface area (Å²) in [6.45, 7) is 0. The van der Waals surface area contributed by atoms with Crippen LogP contribution in [-0.4, -0.2) is 17.0 Å². The van der Waals surface area contributed by atoms with E-state index in [1.807, 2.05) is 36.7 Å². The molecule has 0 amide bonds. The molecule has 7 heteroatoms. The van der Waals surface area contributed by atoms with E-state index in [9.17, 15) is 0 Å². The molecule has 3 aromatic rings. The molecule has 0 radical (unpaired) electrons. The lowest BCUT2D eigenvalue weighted by molar-refractivity contribution is 1.36. The number of benzene rings is 1. The lowest BCUT2D eigenvalue weighted by atomic mass is 10.1. The minimum Gasteiger partial charge on any atom is -0.399 e. The van der Waals surface area contributed by atoms with Crippen molar-refractivity contribution in [2.75, 3.05) is 23.8 Å². The van der Waals surface area contributed by atoms with Gasteiger partial charge in [0.1, 0.15) is 15.7 Å². The second-order valence-electron chi connectivity index (χ2n) is 4.15. The summed E-state index contributed by atoms with van der Waals surface area (Å²) >= 11 is 3.05. The highest BCUT2D eigenvalue weighted by Gasteiger charge is 2.14. The minimum absolute atomic E-state index is 0.507. The second kappa shape index (κ2) is 5.10. The van der Waals surface area contributed by atoms with Crippen molar-refractivity contribution in [2.45, 2.75) is 0 Å². The van der Waals surface area contributed by atoms with Gasteiger partial charge in [0.05, 0.1) is 5.69 Å². The van der Waals surface area contributed by atoms with Crippen LogP contribution in [0.3, 0.4) is 0 Å². The van der Waals surface area contributed by atoms with Gasteiger partial charge in [0, 0.05) is 23.7 Å². The SMILES string of the molecule is CNc1nc(N)c(-c2nc(-c3cccc(N)c3)cs2)s1. The number of hydrogen-bond donors (Lipinski definition) is 3. The number of anilines is 3. The van der Waals surface area contributed by atoms with Gasteiger partial charge in [-0.25, -0.2) is 9.97 Å². The fraction of sp³-hybridized carbons (Fsp3) is 0.0769. The van der Waals surface area contributed by atoms with Crippen molar-refractivity contribution < 1.29 is 0 Å². The molecule has 0 unspecified atom stereocenters. The predicted molar refractivity (Wildman–Crippen MR) is 87.0 cm³/mol. The summed E-state index contributed by atoms with van der Waals surface area (Å²) in [5.41, 5.74) is 14.4. The third-order valence-electron chi connectivity index (χ3n) is 2.75. The molecule has 0 spiro atoms. The van der Waals surface area contributed by atoms with Gasteiger partial charge in [0.2, 0.25) is 0 Å². The zero-order valence-corrected chi connectivity index (χ0v) is 12.4. The van der Waals surface area contributed by atoms with Gasteiger partial charge in [0.15, 0.2) is 5.13 Å². The molecule has 3 rings (SSSR count). The van der Waals surface area contributed by atoms with E-state index in [1.54, 1.807) is 11.3 Å². The summed E-state index contributed by atoms with van der Waals surface area (Å²) < 4.78 is 0. The van der Waals surface area contributed by atoms with E-state index in [2.05, 4.69) is 15.3 Å². The van der Waals surface area contributed by atoms with Crippen LogP contribution < -0.4 is 16.8 Å². The van der Waals surface area contributed by atoms with E-state index in [1.165, 1.54) is 11.3 Å². The molecule has 0 aliphatic carbocycles. The first-order chi connectivity index (χ1) is 9.67. The van der Waals surface area contributed by atoms with Crippen LogP contribution in [-0.2, 0) is 0 Å². The van der Waals surface area contributed by atoms with Crippen molar-refractivity contribution in [3.63, 3.8) is 0 Å². The summed E-state index contributed by atoms with van der Waals surface area (Å²) in [6.07, 6.45) is 0. The number of nitrogens with one attached hydrogen (secondary N) is 1. The van der Waals surface area contributed by atoms with Gasteiger partial charge < -0.3 is 16.8 Å². The summed E-state index contributed by atoms with van der Waals surface area (Å²) in [7, 11) is 1.82. The first-order valence-corrected chi connectivity index (χ1v) is 7.63. The van der Waals surface area contributed by atoms with Gasteiger partial charge in [0.25, 0.3) is 0 Å². The maximum absolute atomic E-state index is 5.93. The Hall–Kier alpha value is -2.12. The molecule has 0 saturated carbocycles. The largest absolute Gasteiger partial charge is 0.399 e. The molecule has 5 nitrogen and oxygen atoms in total. The highest BCUT2D eigenvalue weighted by atomic mass is 32.1. The summed E-state index contributed by atoms with van der Waals surface area (Å²) in [5.74, 6) is 0.507. The average Bonchev–Trinajstić information content (AvgIpc) is 3.05. The van der Waals surface area contributed by atoms with Gasteiger partial charge >= 0.3 is 0 Å². The number of nitrogens with two attached hydrogens (primary N) is 2. The van der Waals surface area contributed by atoms with E-state index in [4.69, 9.17) is 11.5 Å². The van der Waals surface area contributed by atoms with Crippen molar-refractivity contribution >= 4 is 39.3 Å². The zero-order valence-electron chi connectivity index (χ0n) is 10.8. The van der Waals surface area contributed by atoms with Crippen molar-refractivity contribution in [1.29, 1.82) is 0 Å². The van der Waals surface area contributed by atoms with Crippen molar-refractivity contribution in [3.8, 4) is 21.1 Å². The topological polar surface area (TPSA) is 89.8 Å². The lowest BCUT2D eigenvalue weighted by Gasteiger charge is -1.97. The molecule has 0 fully saturated rings. The Bertz CT molecular complexity index is 747. The van der Waals surface area contributed by atoms with Crippen molar-refractivity contribution in [2.24, 2.45) is 0 Å². The van der Waals surface area contributed by atoms with Gasteiger partial charge in [-0.05, 0) is 12.1 Å². The van der Waals surface area contributed by atoms with Crippen LogP contribution in [0.5, 0.6) is 0 Å². The Labute approximate surface area is 124 Å². The van der Waals surface area contributed by atoms with Crippen LogP contribution in [0.1, 0.15) is 0 Å². The van der Waals surface area contributed by atoms with Gasteiger partial charge in [-0.2, -0.15) is 0 Å². The van der Waals surface area contributed by atoms with Crippen LogP contribution in [0.4, 0.5) is 16.6 Å². The van der Waals surface area contributed by atoms with Crippen molar-refractivity contribution in [3.05, 3.63) is 29.6 Å². The van der Waals surface area contributed by atoms with Gasteiger partial charge in [-0.15, -0.1) is 11.3 Å². The molecule has 20 heavy (non-hydrogen) atoms. The quantitative estimate of drug-likeness (QED) is 0.647. The third kappa shape index (κ3) is 2.33. The molecule has 102 valence electrons. The van der Waals surface area contributed by atoms with Crippen LogP contribution in [0.15, 0.2) is 29.6 Å². The number of aromatic nitrogens is 2. The number of rotatable bonds is 3. The summed E-state index contributed by atoms with van der Waals surface area (Å²) in [4.78, 5) is 9.76. The van der Waals surface area contributed by atoms with Crippen LogP contribution in [0, 0.1) is 0 Å². The van der Waals surface area contributed by atoms with E-state index in [0.29, 0.717) is 5.82 Å². The average molecular weight is 303 g/mol. The van der Waals surface area contributed by atoms with Crippen molar-refractivity contribution in [1.82, 2.24) is 9.97 Å². The predicted octanol–water partition coefficient (Wildman–Crippen LogP) is 3.14. The molecule has 2 aromatic heterocycles. The Balaban J connectivity index is 1.99. The molecule has 0 atom stereocenters. The molecular weight excluding hydrogens is 290 g/mol. The first-order valence-electron chi connectivity index (χ1n) is 5.93. The molecular formula is C13H13N5S2. The van der Waals surface area contributed by atoms with E-state index in [0.717, 1.165) is 32.0 Å². The maximum Gasteiger partial charge on any atom is 0.185 e. The summed E-state index contributed by atoms with van der Waals surface area (Å²) in [6, 6.07) is 7.68. The Kier molecular flexibility index (Phi) is 3.29. The number of hydrogen-bond acceptors (Lipinski definition) is 7. The fourth-order valence-electron chi connectivity index (χ4n) is 1.80. The maximum atomic E-state index is 5.93. The lowest BCUT2D eigenvalue weighted by Crippen LogP contribution is -1.89. The highest BCUT2D eigenvalue weighted by molar-refractivity contribution is 7.23. The van der Waals surface area contributed by atoms with E-state index < -0.39 is 0 Å². The van der Waals surface area contributed by atoms with Crippen LogP contribution >= 0.6 is 22.7 Å². The molecule has 0 bridgehead atoms. The van der Waals surface area contributed by atoms with E-state index in [-0.39, 0.29) is 0 Å². The molecule has 0 saturated heterocycles. The van der Waals surface area contributed by atoms with E-state index >= 15 is 0 Å². The fourth-order valence-corrected chi connectivity index (χ4v) is 3.57. The molecule has 1 aromatic carbocycles. The number of nitrogens with zero attached hydrogens (tertiary/aromatic N) is 2. The van der Waals surface area contributed by atoms with Crippen LogP contribution in [0.2, 0.25) is 0 Å². The van der Waals surface area contributed by atoms with Gasteiger partial charge in [-0.3, -0.25) is 0 Å². The highest BCUT2D eigenvalue weighted by Crippen LogP contribution is 2.38. The van der Waals surface area contributed by atoms with Crippen LogP contribution in [0.25, 0.3) is 21.1 Å². The smallest absolute Gasteiger partial charge is 0.185 e.